The molecule has 6 nitrogen and oxygen atoms in total. The van der Waals surface area contributed by atoms with Crippen LogP contribution in [-0.2, 0) is 4.74 Å². The van der Waals surface area contributed by atoms with E-state index >= 15 is 0 Å². The molecule has 0 amide bonds. The SMILES string of the molecule is COc1cc(OC)c(N)c(C(=O)OC2CCN(C)CC2)c1. The number of nitrogens with two attached hydrogens (primary N) is 1. The Morgan fingerprint density at radius 3 is 2.48 bits per heavy atom. The van der Waals surface area contributed by atoms with Crippen LogP contribution in [-0.4, -0.2) is 51.3 Å². The first kappa shape index (κ1) is 15.4. The van der Waals surface area contributed by atoms with Crippen molar-refractivity contribution in [1.29, 1.82) is 0 Å². The highest BCUT2D eigenvalue weighted by Crippen LogP contribution is 2.32. The topological polar surface area (TPSA) is 74.0 Å². The average Bonchev–Trinajstić information content (AvgIpc) is 2.49. The molecule has 1 aromatic rings. The second kappa shape index (κ2) is 6.67. The maximum absolute atomic E-state index is 12.3. The minimum atomic E-state index is -0.431. The second-order valence-electron chi connectivity index (χ2n) is 5.20. The number of likely N-dealkylation sites (tertiary alicyclic amines) is 1. The number of methoxy groups -OCH3 is 2. The zero-order chi connectivity index (χ0) is 15.4. The van der Waals surface area contributed by atoms with Crippen LogP contribution in [0.2, 0.25) is 0 Å². The Morgan fingerprint density at radius 1 is 1.24 bits per heavy atom. The predicted octanol–water partition coefficient (Wildman–Crippen LogP) is 1.54. The van der Waals surface area contributed by atoms with E-state index in [1.165, 1.54) is 14.2 Å². The number of carbonyl (C=O) groups excluding carboxylic acids is 1. The van der Waals surface area contributed by atoms with Gasteiger partial charge in [-0.1, -0.05) is 0 Å². The van der Waals surface area contributed by atoms with Gasteiger partial charge in [0, 0.05) is 19.2 Å². The average molecular weight is 294 g/mol. The van der Waals surface area contributed by atoms with Crippen LogP contribution in [0.1, 0.15) is 23.2 Å². The van der Waals surface area contributed by atoms with Crippen molar-refractivity contribution in [2.24, 2.45) is 0 Å². The molecule has 1 aromatic carbocycles. The van der Waals surface area contributed by atoms with E-state index in [2.05, 4.69) is 11.9 Å². The van der Waals surface area contributed by atoms with Crippen molar-refractivity contribution in [2.45, 2.75) is 18.9 Å². The highest BCUT2D eigenvalue weighted by molar-refractivity contribution is 5.97. The fraction of sp³-hybridized carbons (Fsp3) is 0.533. The monoisotopic (exact) mass is 294 g/mol. The molecular weight excluding hydrogens is 272 g/mol. The first-order chi connectivity index (χ1) is 10.0. The normalized spacial score (nSPS) is 16.5. The molecule has 2 N–H and O–H groups in total. The summed E-state index contributed by atoms with van der Waals surface area (Å²) in [6.45, 7) is 1.85. The Labute approximate surface area is 124 Å². The van der Waals surface area contributed by atoms with Crippen LogP contribution in [0.15, 0.2) is 12.1 Å². The number of nitrogens with zero attached hydrogens (tertiary/aromatic N) is 1. The quantitative estimate of drug-likeness (QED) is 0.670. The third-order valence-electron chi connectivity index (χ3n) is 3.73. The predicted molar refractivity (Wildman–Crippen MR) is 79.9 cm³/mol. The minimum Gasteiger partial charge on any atom is -0.497 e. The molecule has 1 aliphatic rings. The summed E-state index contributed by atoms with van der Waals surface area (Å²) in [6, 6.07) is 3.22. The van der Waals surface area contributed by atoms with Gasteiger partial charge in [-0.15, -0.1) is 0 Å². The first-order valence-electron chi connectivity index (χ1n) is 6.96. The molecule has 0 saturated carbocycles. The Bertz CT molecular complexity index is 511. The van der Waals surface area contributed by atoms with Crippen LogP contribution >= 0.6 is 0 Å². The summed E-state index contributed by atoms with van der Waals surface area (Å²) >= 11 is 0. The highest BCUT2D eigenvalue weighted by Gasteiger charge is 2.23. The molecule has 1 aliphatic heterocycles. The van der Waals surface area contributed by atoms with Crippen molar-refractivity contribution >= 4 is 11.7 Å². The van der Waals surface area contributed by atoms with E-state index in [0.29, 0.717) is 11.5 Å². The van der Waals surface area contributed by atoms with E-state index in [-0.39, 0.29) is 17.4 Å². The highest BCUT2D eigenvalue weighted by atomic mass is 16.5. The molecule has 0 bridgehead atoms. The fourth-order valence-electron chi connectivity index (χ4n) is 2.37. The Morgan fingerprint density at radius 2 is 1.90 bits per heavy atom. The van der Waals surface area contributed by atoms with Crippen LogP contribution in [0.5, 0.6) is 11.5 Å². The fourth-order valence-corrected chi connectivity index (χ4v) is 2.37. The number of hydrogen-bond donors (Lipinski definition) is 1. The van der Waals surface area contributed by atoms with Crippen LogP contribution in [0, 0.1) is 0 Å². The summed E-state index contributed by atoms with van der Waals surface area (Å²) in [5.41, 5.74) is 6.51. The number of anilines is 1. The summed E-state index contributed by atoms with van der Waals surface area (Å²) in [5, 5.41) is 0. The van der Waals surface area contributed by atoms with Gasteiger partial charge in [-0.3, -0.25) is 0 Å². The third-order valence-corrected chi connectivity index (χ3v) is 3.73. The van der Waals surface area contributed by atoms with E-state index in [1.807, 2.05) is 0 Å². The molecule has 0 spiro atoms. The van der Waals surface area contributed by atoms with Crippen molar-refractivity contribution < 1.29 is 19.0 Å². The van der Waals surface area contributed by atoms with E-state index in [0.717, 1.165) is 25.9 Å². The lowest BCUT2D eigenvalue weighted by Crippen LogP contribution is -2.35. The molecule has 0 atom stereocenters. The molecule has 6 heteroatoms. The number of esters is 1. The number of benzene rings is 1. The number of ether oxygens (including phenoxy) is 3. The summed E-state index contributed by atoms with van der Waals surface area (Å²) in [5.74, 6) is 0.486. The van der Waals surface area contributed by atoms with Gasteiger partial charge < -0.3 is 24.8 Å². The van der Waals surface area contributed by atoms with Crippen LogP contribution in [0.25, 0.3) is 0 Å². The minimum absolute atomic E-state index is 0.0645. The smallest absolute Gasteiger partial charge is 0.340 e. The van der Waals surface area contributed by atoms with Gasteiger partial charge >= 0.3 is 5.97 Å². The van der Waals surface area contributed by atoms with Crippen LogP contribution in [0.3, 0.4) is 0 Å². The molecule has 1 saturated heterocycles. The van der Waals surface area contributed by atoms with Gasteiger partial charge in [0.1, 0.15) is 17.6 Å². The third kappa shape index (κ3) is 3.58. The second-order valence-corrected chi connectivity index (χ2v) is 5.20. The van der Waals surface area contributed by atoms with Crippen LogP contribution in [0.4, 0.5) is 5.69 Å². The Balaban J connectivity index is 2.14. The molecular formula is C15H22N2O4. The van der Waals surface area contributed by atoms with E-state index in [1.54, 1.807) is 12.1 Å². The summed E-state index contributed by atoms with van der Waals surface area (Å²) in [4.78, 5) is 14.5. The number of hydrogen-bond acceptors (Lipinski definition) is 6. The van der Waals surface area contributed by atoms with Gasteiger partial charge in [0.25, 0.3) is 0 Å². The molecule has 0 unspecified atom stereocenters. The van der Waals surface area contributed by atoms with E-state index in [9.17, 15) is 4.79 Å². The molecule has 2 rings (SSSR count). The van der Waals surface area contributed by atoms with Gasteiger partial charge in [0.05, 0.1) is 25.5 Å². The van der Waals surface area contributed by atoms with Gasteiger partial charge in [-0.05, 0) is 26.0 Å². The molecule has 0 aliphatic carbocycles. The lowest BCUT2D eigenvalue weighted by atomic mass is 10.1. The van der Waals surface area contributed by atoms with Crippen molar-refractivity contribution in [3.05, 3.63) is 17.7 Å². The molecule has 0 aromatic heterocycles. The van der Waals surface area contributed by atoms with Gasteiger partial charge in [-0.25, -0.2) is 4.79 Å². The zero-order valence-corrected chi connectivity index (χ0v) is 12.7. The van der Waals surface area contributed by atoms with Crippen LogP contribution < -0.4 is 15.2 Å². The zero-order valence-electron chi connectivity index (χ0n) is 12.7. The number of nitrogen functional groups attached to an aromatic ring is 1. The van der Waals surface area contributed by atoms with Crippen molar-refractivity contribution in [3.8, 4) is 11.5 Å². The number of carbonyl (C=O) groups is 1. The molecule has 116 valence electrons. The standard InChI is InChI=1S/C15H22N2O4/c1-17-6-4-10(5-7-17)21-15(18)12-8-11(19-2)9-13(20-3)14(12)16/h8-10H,4-7,16H2,1-3H3. The number of rotatable bonds is 4. The van der Waals surface area contributed by atoms with Crippen molar-refractivity contribution in [1.82, 2.24) is 4.90 Å². The van der Waals surface area contributed by atoms with E-state index in [4.69, 9.17) is 19.9 Å². The summed E-state index contributed by atoms with van der Waals surface area (Å²) < 4.78 is 15.9. The summed E-state index contributed by atoms with van der Waals surface area (Å²) in [6.07, 6.45) is 1.61. The summed E-state index contributed by atoms with van der Waals surface area (Å²) in [7, 11) is 5.08. The van der Waals surface area contributed by atoms with Gasteiger partial charge in [-0.2, -0.15) is 0 Å². The first-order valence-corrected chi connectivity index (χ1v) is 6.96. The maximum Gasteiger partial charge on any atom is 0.340 e. The maximum atomic E-state index is 12.3. The Hall–Kier alpha value is -1.95. The lowest BCUT2D eigenvalue weighted by Gasteiger charge is -2.28. The lowest BCUT2D eigenvalue weighted by molar-refractivity contribution is 0.0140. The molecule has 21 heavy (non-hydrogen) atoms. The number of piperidine rings is 1. The molecule has 1 fully saturated rings. The Kier molecular flexibility index (Phi) is 4.90. The van der Waals surface area contributed by atoms with Gasteiger partial charge in [0.15, 0.2) is 0 Å². The largest absolute Gasteiger partial charge is 0.497 e. The molecule has 0 radical (unpaired) electrons. The van der Waals surface area contributed by atoms with E-state index < -0.39 is 5.97 Å². The van der Waals surface area contributed by atoms with Crippen molar-refractivity contribution in [3.63, 3.8) is 0 Å². The molecule has 1 heterocycles. The van der Waals surface area contributed by atoms with Gasteiger partial charge in [0.2, 0.25) is 0 Å². The van der Waals surface area contributed by atoms with Crippen molar-refractivity contribution in [2.75, 3.05) is 40.1 Å².